The van der Waals surface area contributed by atoms with Gasteiger partial charge in [-0.25, -0.2) is 0 Å². The van der Waals surface area contributed by atoms with Crippen LogP contribution < -0.4 is 0 Å². The van der Waals surface area contributed by atoms with Gasteiger partial charge in [0.15, 0.2) is 0 Å². The van der Waals surface area contributed by atoms with Crippen molar-refractivity contribution in [1.82, 2.24) is 0 Å². The third kappa shape index (κ3) is 5.91. The first-order valence-corrected chi connectivity index (χ1v) is 8.48. The van der Waals surface area contributed by atoms with Gasteiger partial charge in [-0.1, -0.05) is 36.3 Å². The molecule has 1 aliphatic carbocycles. The zero-order valence-corrected chi connectivity index (χ0v) is 14.8. The number of aliphatic hydroxyl groups excluding tert-OH is 1. The average molecular weight is 318 g/mol. The van der Waals surface area contributed by atoms with E-state index in [4.69, 9.17) is 0 Å². The Bertz CT molecular complexity index is 495. The van der Waals surface area contributed by atoms with Crippen molar-refractivity contribution >= 4 is 12.6 Å². The van der Waals surface area contributed by atoms with Crippen LogP contribution in [0.3, 0.4) is 0 Å². The highest BCUT2D eigenvalue weighted by Crippen LogP contribution is 2.34. The van der Waals surface area contributed by atoms with Gasteiger partial charge in [0.25, 0.3) is 0 Å². The van der Waals surface area contributed by atoms with Crippen molar-refractivity contribution < 1.29 is 14.7 Å². The van der Waals surface area contributed by atoms with Crippen LogP contribution in [0.25, 0.3) is 0 Å². The zero-order chi connectivity index (χ0) is 17.4. The lowest BCUT2D eigenvalue weighted by Crippen LogP contribution is -2.35. The molecule has 0 saturated carbocycles. The Morgan fingerprint density at radius 2 is 2.04 bits per heavy atom. The second-order valence-corrected chi connectivity index (χ2v) is 6.95. The number of aliphatic hydroxyl groups is 1. The molecule has 1 N–H and O–H groups in total. The van der Waals surface area contributed by atoms with E-state index in [2.05, 4.69) is 26.8 Å². The lowest BCUT2D eigenvalue weighted by molar-refractivity contribution is -0.116. The molecule has 0 radical (unpaired) electrons. The van der Waals surface area contributed by atoms with Crippen molar-refractivity contribution in [3.05, 3.63) is 34.9 Å². The van der Waals surface area contributed by atoms with Gasteiger partial charge in [0.1, 0.15) is 12.6 Å². The van der Waals surface area contributed by atoms with Crippen LogP contribution in [-0.4, -0.2) is 23.8 Å². The van der Waals surface area contributed by atoms with Gasteiger partial charge in [0.2, 0.25) is 0 Å². The summed E-state index contributed by atoms with van der Waals surface area (Å²) in [7, 11) is 0. The fourth-order valence-corrected chi connectivity index (χ4v) is 3.40. The molecule has 23 heavy (non-hydrogen) atoms. The molecule has 0 amide bonds. The number of hydrogen-bond acceptors (Lipinski definition) is 3. The highest BCUT2D eigenvalue weighted by molar-refractivity contribution is 5.81. The molecular formula is C20H30O3. The summed E-state index contributed by atoms with van der Waals surface area (Å²) in [6, 6.07) is 0. The van der Waals surface area contributed by atoms with E-state index in [0.717, 1.165) is 31.0 Å². The van der Waals surface area contributed by atoms with Crippen molar-refractivity contribution in [3.63, 3.8) is 0 Å². The molecule has 0 heterocycles. The molecule has 4 atom stereocenters. The van der Waals surface area contributed by atoms with Crippen molar-refractivity contribution in [2.24, 2.45) is 17.8 Å². The number of carbonyl (C=O) groups is 2. The summed E-state index contributed by atoms with van der Waals surface area (Å²) in [5.41, 5.74) is 2.88. The maximum Gasteiger partial charge on any atom is 0.146 e. The predicted molar refractivity (Wildman–Crippen MR) is 94.0 cm³/mol. The molecule has 0 bridgehead atoms. The van der Waals surface area contributed by atoms with Gasteiger partial charge in [-0.05, 0) is 57.9 Å². The van der Waals surface area contributed by atoms with Crippen LogP contribution in [0.4, 0.5) is 0 Å². The second-order valence-electron chi connectivity index (χ2n) is 6.95. The fraction of sp³-hybridized carbons (Fsp3) is 0.600. The monoisotopic (exact) mass is 318 g/mol. The highest BCUT2D eigenvalue weighted by atomic mass is 16.3. The van der Waals surface area contributed by atoms with E-state index < -0.39 is 12.0 Å². The van der Waals surface area contributed by atoms with Gasteiger partial charge in [-0.3, -0.25) is 4.79 Å². The fourth-order valence-electron chi connectivity index (χ4n) is 3.40. The van der Waals surface area contributed by atoms with Crippen LogP contribution in [0.1, 0.15) is 53.4 Å². The van der Waals surface area contributed by atoms with Crippen LogP contribution in [0.15, 0.2) is 34.9 Å². The van der Waals surface area contributed by atoms with Gasteiger partial charge < -0.3 is 9.90 Å². The van der Waals surface area contributed by atoms with Crippen molar-refractivity contribution in [3.8, 4) is 0 Å². The minimum absolute atomic E-state index is 0.157. The third-order valence-corrected chi connectivity index (χ3v) is 4.71. The quantitative estimate of drug-likeness (QED) is 0.594. The summed E-state index contributed by atoms with van der Waals surface area (Å²) in [6.07, 6.45) is 10.0. The van der Waals surface area contributed by atoms with E-state index >= 15 is 0 Å². The molecule has 0 fully saturated rings. The SMILES string of the molecule is CC(C)=CCCC(C)C1C(O)C/C(C)=C\C/C=C(/C=O)C1C=O. The van der Waals surface area contributed by atoms with Crippen molar-refractivity contribution in [2.45, 2.75) is 59.5 Å². The lowest BCUT2D eigenvalue weighted by Gasteiger charge is -2.33. The normalized spacial score (nSPS) is 31.3. The Hall–Kier alpha value is -1.48. The van der Waals surface area contributed by atoms with Crippen LogP contribution in [0, 0.1) is 17.8 Å². The molecule has 0 aromatic rings. The number of aldehydes is 2. The summed E-state index contributed by atoms with van der Waals surface area (Å²) in [5.74, 6) is -0.593. The van der Waals surface area contributed by atoms with Crippen LogP contribution >= 0.6 is 0 Å². The number of hydrogen-bond donors (Lipinski definition) is 1. The molecule has 4 unspecified atom stereocenters. The van der Waals surface area contributed by atoms with E-state index in [0.29, 0.717) is 18.4 Å². The van der Waals surface area contributed by atoms with Gasteiger partial charge in [-0.2, -0.15) is 0 Å². The van der Waals surface area contributed by atoms with Gasteiger partial charge in [0.05, 0.1) is 6.10 Å². The van der Waals surface area contributed by atoms with E-state index in [1.54, 1.807) is 0 Å². The second kappa shape index (κ2) is 9.61. The van der Waals surface area contributed by atoms with Gasteiger partial charge in [-0.15, -0.1) is 0 Å². The summed E-state index contributed by atoms with van der Waals surface area (Å²) in [4.78, 5) is 23.1. The Morgan fingerprint density at radius 1 is 1.35 bits per heavy atom. The summed E-state index contributed by atoms with van der Waals surface area (Å²) in [6.45, 7) is 8.19. The molecule has 0 aromatic carbocycles. The molecule has 0 aliphatic heterocycles. The van der Waals surface area contributed by atoms with E-state index in [-0.39, 0.29) is 11.8 Å². The Morgan fingerprint density at radius 3 is 2.61 bits per heavy atom. The molecule has 0 saturated heterocycles. The number of rotatable bonds is 6. The van der Waals surface area contributed by atoms with Crippen LogP contribution in [-0.2, 0) is 9.59 Å². The Labute approximate surface area is 140 Å². The topological polar surface area (TPSA) is 54.4 Å². The smallest absolute Gasteiger partial charge is 0.146 e. The highest BCUT2D eigenvalue weighted by Gasteiger charge is 2.35. The van der Waals surface area contributed by atoms with Gasteiger partial charge in [0, 0.05) is 11.8 Å². The molecule has 3 heteroatoms. The number of carbonyl (C=O) groups excluding carboxylic acids is 2. The summed E-state index contributed by atoms with van der Waals surface area (Å²) in [5, 5.41) is 10.7. The van der Waals surface area contributed by atoms with Crippen molar-refractivity contribution in [2.75, 3.05) is 0 Å². The molecule has 0 spiro atoms. The Kier molecular flexibility index (Phi) is 8.18. The standard InChI is InChI=1S/C20H30O3/c1-14(2)7-5-9-16(4)20-18(13-22)17(12-21)10-6-8-15(3)11-19(20)23/h7-8,10,12-13,16,18-20,23H,5-6,9,11H2,1-4H3/b15-8-,17-10-. The minimum Gasteiger partial charge on any atom is -0.392 e. The maximum absolute atomic E-state index is 11.7. The molecule has 3 nitrogen and oxygen atoms in total. The predicted octanol–water partition coefficient (Wildman–Crippen LogP) is 4.03. The third-order valence-electron chi connectivity index (χ3n) is 4.71. The maximum atomic E-state index is 11.7. The number of allylic oxidation sites excluding steroid dienone is 5. The summed E-state index contributed by atoms with van der Waals surface area (Å²) < 4.78 is 0. The molecular weight excluding hydrogens is 288 g/mol. The zero-order valence-electron chi connectivity index (χ0n) is 14.8. The van der Waals surface area contributed by atoms with Crippen LogP contribution in [0.2, 0.25) is 0 Å². The van der Waals surface area contributed by atoms with E-state index in [9.17, 15) is 14.7 Å². The first-order valence-electron chi connectivity index (χ1n) is 8.48. The largest absolute Gasteiger partial charge is 0.392 e. The molecule has 1 rings (SSSR count). The first-order chi connectivity index (χ1) is 10.9. The Balaban J connectivity index is 3.07. The van der Waals surface area contributed by atoms with E-state index in [1.807, 2.05) is 19.1 Å². The van der Waals surface area contributed by atoms with E-state index in [1.165, 1.54) is 5.57 Å². The van der Waals surface area contributed by atoms with Crippen molar-refractivity contribution in [1.29, 1.82) is 0 Å². The molecule has 1 aliphatic rings. The van der Waals surface area contributed by atoms with Crippen LogP contribution in [0.5, 0.6) is 0 Å². The molecule has 128 valence electrons. The minimum atomic E-state index is -0.607. The average Bonchev–Trinajstić information content (AvgIpc) is 2.53. The lowest BCUT2D eigenvalue weighted by atomic mass is 9.73. The first kappa shape index (κ1) is 19.6. The van der Waals surface area contributed by atoms with Gasteiger partial charge >= 0.3 is 0 Å². The molecule has 0 aromatic heterocycles. The summed E-state index contributed by atoms with van der Waals surface area (Å²) >= 11 is 0.